The Labute approximate surface area is 118 Å². The third-order valence-corrected chi connectivity index (χ3v) is 3.08. The average molecular weight is 267 g/mol. The lowest BCUT2D eigenvalue weighted by Crippen LogP contribution is -2.18. The Kier molecular flexibility index (Phi) is 4.51. The zero-order valence-electron chi connectivity index (χ0n) is 11.7. The lowest BCUT2D eigenvalue weighted by molar-refractivity contribution is 0.890. The largest absolute Gasteiger partial charge is 0.355 e. The molecule has 20 heavy (non-hydrogen) atoms. The normalized spacial score (nSPS) is 9.85. The SMILES string of the molecule is CCc1ccc(CN(C)c2cc(NC#N)ncn2)cc1. The third kappa shape index (κ3) is 3.45. The summed E-state index contributed by atoms with van der Waals surface area (Å²) in [5.41, 5.74) is 2.55. The predicted molar refractivity (Wildman–Crippen MR) is 79.2 cm³/mol. The molecule has 0 atom stereocenters. The number of nitriles is 1. The minimum atomic E-state index is 0.505. The maximum Gasteiger partial charge on any atom is 0.182 e. The number of hydrogen-bond acceptors (Lipinski definition) is 5. The summed E-state index contributed by atoms with van der Waals surface area (Å²) in [6.45, 7) is 2.90. The minimum absolute atomic E-state index is 0.505. The highest BCUT2D eigenvalue weighted by molar-refractivity contribution is 5.50. The maximum absolute atomic E-state index is 8.60. The first kappa shape index (κ1) is 13.8. The van der Waals surface area contributed by atoms with Crippen LogP contribution in [0.4, 0.5) is 11.6 Å². The van der Waals surface area contributed by atoms with Crippen LogP contribution >= 0.6 is 0 Å². The maximum atomic E-state index is 8.60. The number of benzene rings is 1. The summed E-state index contributed by atoms with van der Waals surface area (Å²) in [5.74, 6) is 1.28. The molecular weight excluding hydrogens is 250 g/mol. The number of anilines is 2. The molecule has 1 aromatic carbocycles. The van der Waals surface area contributed by atoms with Gasteiger partial charge >= 0.3 is 0 Å². The molecule has 0 aliphatic heterocycles. The summed E-state index contributed by atoms with van der Waals surface area (Å²) in [4.78, 5) is 10.2. The van der Waals surface area contributed by atoms with E-state index in [2.05, 4.69) is 46.5 Å². The summed E-state index contributed by atoms with van der Waals surface area (Å²) < 4.78 is 0. The first-order valence-electron chi connectivity index (χ1n) is 6.49. The molecule has 5 nitrogen and oxygen atoms in total. The summed E-state index contributed by atoms with van der Waals surface area (Å²) >= 11 is 0. The third-order valence-electron chi connectivity index (χ3n) is 3.08. The molecule has 102 valence electrons. The van der Waals surface area contributed by atoms with E-state index in [1.165, 1.54) is 17.5 Å². The molecule has 0 aliphatic carbocycles. The molecule has 1 N–H and O–H groups in total. The lowest BCUT2D eigenvalue weighted by Gasteiger charge is -2.18. The number of rotatable bonds is 5. The number of hydrogen-bond donors (Lipinski definition) is 1. The van der Waals surface area contributed by atoms with Gasteiger partial charge in [-0.15, -0.1) is 0 Å². The molecule has 0 amide bonds. The standard InChI is InChI=1S/C15H17N5/c1-3-12-4-6-13(7-5-12)9-20(2)15-8-14(17-10-16)18-11-19-15/h4-8,11H,3,9H2,1-2H3,(H,17,18,19). The van der Waals surface area contributed by atoms with Crippen molar-refractivity contribution < 1.29 is 0 Å². The molecule has 2 aromatic rings. The van der Waals surface area contributed by atoms with Crippen LogP contribution < -0.4 is 10.2 Å². The van der Waals surface area contributed by atoms with Crippen molar-refractivity contribution in [2.45, 2.75) is 19.9 Å². The fourth-order valence-electron chi connectivity index (χ4n) is 1.92. The van der Waals surface area contributed by atoms with Crippen LogP contribution in [-0.4, -0.2) is 17.0 Å². The van der Waals surface area contributed by atoms with Gasteiger partial charge in [-0.3, -0.25) is 5.32 Å². The van der Waals surface area contributed by atoms with E-state index < -0.39 is 0 Å². The Balaban J connectivity index is 2.08. The Morgan fingerprint density at radius 1 is 1.20 bits per heavy atom. The number of aromatic nitrogens is 2. The molecule has 2 rings (SSSR count). The van der Waals surface area contributed by atoms with Gasteiger partial charge in [0, 0.05) is 19.7 Å². The number of nitrogens with one attached hydrogen (secondary N) is 1. The van der Waals surface area contributed by atoms with Crippen LogP contribution in [0.2, 0.25) is 0 Å². The van der Waals surface area contributed by atoms with Crippen molar-refractivity contribution in [3.63, 3.8) is 0 Å². The van der Waals surface area contributed by atoms with E-state index in [4.69, 9.17) is 5.26 Å². The fraction of sp³-hybridized carbons (Fsp3) is 0.267. The van der Waals surface area contributed by atoms with E-state index in [0.717, 1.165) is 18.8 Å². The molecule has 0 saturated carbocycles. The van der Waals surface area contributed by atoms with E-state index in [1.807, 2.05) is 18.1 Å². The molecule has 0 spiro atoms. The van der Waals surface area contributed by atoms with Gasteiger partial charge in [-0.1, -0.05) is 31.2 Å². The van der Waals surface area contributed by atoms with Crippen molar-refractivity contribution in [2.75, 3.05) is 17.3 Å². The van der Waals surface area contributed by atoms with Gasteiger partial charge < -0.3 is 4.90 Å². The van der Waals surface area contributed by atoms with Crippen LogP contribution in [0, 0.1) is 11.5 Å². The van der Waals surface area contributed by atoms with Gasteiger partial charge in [-0.2, -0.15) is 5.26 Å². The van der Waals surface area contributed by atoms with E-state index in [9.17, 15) is 0 Å². The van der Waals surface area contributed by atoms with Gasteiger partial charge in [0.15, 0.2) is 6.19 Å². The van der Waals surface area contributed by atoms with Gasteiger partial charge in [0.25, 0.3) is 0 Å². The first-order valence-corrected chi connectivity index (χ1v) is 6.49. The van der Waals surface area contributed by atoms with Gasteiger partial charge in [0.1, 0.15) is 18.0 Å². The zero-order chi connectivity index (χ0) is 14.4. The van der Waals surface area contributed by atoms with Crippen LogP contribution in [0.15, 0.2) is 36.7 Å². The molecular formula is C15H17N5. The van der Waals surface area contributed by atoms with E-state index >= 15 is 0 Å². The molecule has 0 bridgehead atoms. The van der Waals surface area contributed by atoms with Crippen molar-refractivity contribution in [2.24, 2.45) is 0 Å². The highest BCUT2D eigenvalue weighted by atomic mass is 15.2. The van der Waals surface area contributed by atoms with E-state index in [-0.39, 0.29) is 0 Å². The molecule has 0 saturated heterocycles. The van der Waals surface area contributed by atoms with Crippen LogP contribution in [0.3, 0.4) is 0 Å². The number of aryl methyl sites for hydroxylation is 1. The fourth-order valence-corrected chi connectivity index (χ4v) is 1.92. The van der Waals surface area contributed by atoms with Crippen molar-refractivity contribution in [1.82, 2.24) is 9.97 Å². The van der Waals surface area contributed by atoms with Gasteiger partial charge in [-0.25, -0.2) is 9.97 Å². The van der Waals surface area contributed by atoms with Crippen LogP contribution in [0.1, 0.15) is 18.1 Å². The molecule has 5 heteroatoms. The van der Waals surface area contributed by atoms with Crippen molar-refractivity contribution in [3.8, 4) is 6.19 Å². The Hall–Kier alpha value is -2.61. The average Bonchev–Trinajstić information content (AvgIpc) is 2.48. The Morgan fingerprint density at radius 2 is 1.90 bits per heavy atom. The smallest absolute Gasteiger partial charge is 0.182 e. The van der Waals surface area contributed by atoms with Gasteiger partial charge in [0.2, 0.25) is 0 Å². The second-order valence-corrected chi connectivity index (χ2v) is 4.52. The van der Waals surface area contributed by atoms with Crippen molar-refractivity contribution in [1.29, 1.82) is 5.26 Å². The second kappa shape index (κ2) is 6.53. The highest BCUT2D eigenvalue weighted by Gasteiger charge is 2.05. The van der Waals surface area contributed by atoms with Crippen LogP contribution in [0.25, 0.3) is 0 Å². The summed E-state index contributed by atoms with van der Waals surface area (Å²) in [5, 5.41) is 11.1. The van der Waals surface area contributed by atoms with E-state index in [0.29, 0.717) is 5.82 Å². The zero-order valence-corrected chi connectivity index (χ0v) is 11.7. The number of nitrogens with zero attached hydrogens (tertiary/aromatic N) is 4. The Bertz CT molecular complexity index is 600. The summed E-state index contributed by atoms with van der Waals surface area (Å²) in [6.07, 6.45) is 4.35. The molecule has 0 fully saturated rings. The molecule has 1 heterocycles. The Morgan fingerprint density at radius 3 is 2.55 bits per heavy atom. The molecule has 1 aromatic heterocycles. The first-order chi connectivity index (χ1) is 9.72. The van der Waals surface area contributed by atoms with Crippen LogP contribution in [-0.2, 0) is 13.0 Å². The second-order valence-electron chi connectivity index (χ2n) is 4.52. The van der Waals surface area contributed by atoms with Crippen molar-refractivity contribution in [3.05, 3.63) is 47.8 Å². The van der Waals surface area contributed by atoms with E-state index in [1.54, 1.807) is 6.07 Å². The topological polar surface area (TPSA) is 64.8 Å². The predicted octanol–water partition coefficient (Wildman–Crippen LogP) is 2.57. The van der Waals surface area contributed by atoms with Crippen molar-refractivity contribution >= 4 is 11.6 Å². The highest BCUT2D eigenvalue weighted by Crippen LogP contribution is 2.15. The summed E-state index contributed by atoms with van der Waals surface area (Å²) in [6, 6.07) is 10.3. The minimum Gasteiger partial charge on any atom is -0.355 e. The quantitative estimate of drug-likeness (QED) is 0.666. The monoisotopic (exact) mass is 267 g/mol. The van der Waals surface area contributed by atoms with Crippen LogP contribution in [0.5, 0.6) is 0 Å². The lowest BCUT2D eigenvalue weighted by atomic mass is 10.1. The molecule has 0 aliphatic rings. The van der Waals surface area contributed by atoms with Gasteiger partial charge in [0.05, 0.1) is 0 Å². The molecule has 0 radical (unpaired) electrons. The van der Waals surface area contributed by atoms with Gasteiger partial charge in [-0.05, 0) is 17.5 Å². The molecule has 0 unspecified atom stereocenters. The summed E-state index contributed by atoms with van der Waals surface area (Å²) in [7, 11) is 1.96.